The highest BCUT2D eigenvalue weighted by Gasteiger charge is 2.58. The molecule has 8 heteroatoms. The monoisotopic (exact) mass is 276 g/mol. The SMILES string of the molecule is C1OCO[C@H]2[C@@H](O1)[C@@H]1OCOCO[C@@H]1[C@@H]1OCO[C@H]21. The van der Waals surface area contributed by atoms with Gasteiger partial charge >= 0.3 is 0 Å². The van der Waals surface area contributed by atoms with Crippen molar-refractivity contribution in [1.82, 2.24) is 0 Å². The largest absolute Gasteiger partial charge is 0.347 e. The Hall–Kier alpha value is -0.320. The quantitative estimate of drug-likeness (QED) is 0.568. The standard InChI is InChI=1S/C11H16O8/c1-12-3-16-8-6(14-1)7-9(17-4-13-2-15-7)11-10(8)18-5-19-11/h6-11H,1-5H2/t6-,7-,8-,9-,10-,11+/m0/s1. The lowest BCUT2D eigenvalue weighted by molar-refractivity contribution is -0.222. The van der Waals surface area contributed by atoms with Crippen molar-refractivity contribution in [2.45, 2.75) is 36.6 Å². The predicted octanol–water partition coefficient (Wildman–Crippen LogP) is -0.827. The van der Waals surface area contributed by atoms with Crippen LogP contribution in [0.5, 0.6) is 0 Å². The molecule has 1 aliphatic carbocycles. The molecule has 3 heterocycles. The summed E-state index contributed by atoms with van der Waals surface area (Å²) in [5.74, 6) is 0. The van der Waals surface area contributed by atoms with E-state index in [0.29, 0.717) is 0 Å². The molecule has 0 aromatic carbocycles. The first-order valence-electron chi connectivity index (χ1n) is 6.30. The summed E-state index contributed by atoms with van der Waals surface area (Å²) < 4.78 is 44.3. The summed E-state index contributed by atoms with van der Waals surface area (Å²) in [6.45, 7) is 0.876. The van der Waals surface area contributed by atoms with Gasteiger partial charge in [-0.3, -0.25) is 0 Å². The molecular formula is C11H16O8. The molecule has 4 rings (SSSR count). The minimum Gasteiger partial charge on any atom is -0.347 e. The lowest BCUT2D eigenvalue weighted by Crippen LogP contribution is -2.64. The highest BCUT2D eigenvalue weighted by Crippen LogP contribution is 2.37. The Labute approximate surface area is 109 Å². The molecule has 4 fully saturated rings. The van der Waals surface area contributed by atoms with Gasteiger partial charge in [0.2, 0.25) is 0 Å². The van der Waals surface area contributed by atoms with Crippen LogP contribution in [0.25, 0.3) is 0 Å². The summed E-state index contributed by atoms with van der Waals surface area (Å²) in [4.78, 5) is 0. The minimum absolute atomic E-state index is 0.160. The van der Waals surface area contributed by atoms with Gasteiger partial charge in [-0.15, -0.1) is 0 Å². The second kappa shape index (κ2) is 5.23. The van der Waals surface area contributed by atoms with E-state index in [2.05, 4.69) is 0 Å². The van der Waals surface area contributed by atoms with E-state index in [-0.39, 0.29) is 70.6 Å². The van der Waals surface area contributed by atoms with E-state index in [1.165, 1.54) is 0 Å². The van der Waals surface area contributed by atoms with Gasteiger partial charge in [-0.1, -0.05) is 0 Å². The fourth-order valence-corrected chi connectivity index (χ4v) is 3.03. The topological polar surface area (TPSA) is 73.8 Å². The fraction of sp³-hybridized carbons (Fsp3) is 1.00. The van der Waals surface area contributed by atoms with Gasteiger partial charge in [0.15, 0.2) is 0 Å². The molecule has 0 amide bonds. The van der Waals surface area contributed by atoms with Crippen molar-refractivity contribution in [2.75, 3.05) is 34.0 Å². The first kappa shape index (κ1) is 12.4. The van der Waals surface area contributed by atoms with Crippen molar-refractivity contribution in [2.24, 2.45) is 0 Å². The molecule has 0 unspecified atom stereocenters. The maximum atomic E-state index is 5.70. The molecule has 19 heavy (non-hydrogen) atoms. The Morgan fingerprint density at radius 3 is 0.947 bits per heavy atom. The van der Waals surface area contributed by atoms with Crippen molar-refractivity contribution < 1.29 is 37.9 Å². The maximum absolute atomic E-state index is 5.70. The van der Waals surface area contributed by atoms with Gasteiger partial charge in [-0.25, -0.2) is 0 Å². The first-order valence-corrected chi connectivity index (χ1v) is 6.30. The van der Waals surface area contributed by atoms with Crippen LogP contribution in [-0.4, -0.2) is 70.6 Å². The van der Waals surface area contributed by atoms with E-state index in [4.69, 9.17) is 37.9 Å². The summed E-state index contributed by atoms with van der Waals surface area (Å²) in [6.07, 6.45) is -1.71. The number of ether oxygens (including phenoxy) is 8. The van der Waals surface area contributed by atoms with Crippen LogP contribution in [0.1, 0.15) is 0 Å². The van der Waals surface area contributed by atoms with Crippen LogP contribution in [0.4, 0.5) is 0 Å². The first-order chi connectivity index (χ1) is 9.45. The molecule has 0 aromatic heterocycles. The number of rotatable bonds is 0. The van der Waals surface area contributed by atoms with E-state index in [0.717, 1.165) is 0 Å². The molecule has 0 aromatic rings. The van der Waals surface area contributed by atoms with Gasteiger partial charge in [0.1, 0.15) is 70.6 Å². The number of hydrogen-bond donors (Lipinski definition) is 0. The van der Waals surface area contributed by atoms with Crippen molar-refractivity contribution in [3.8, 4) is 0 Å². The zero-order valence-corrected chi connectivity index (χ0v) is 10.3. The molecule has 4 aliphatic rings. The molecule has 0 spiro atoms. The Balaban J connectivity index is 1.65. The Morgan fingerprint density at radius 1 is 0.368 bits per heavy atom. The third-order valence-electron chi connectivity index (χ3n) is 3.84. The minimum atomic E-state index is -0.322. The van der Waals surface area contributed by atoms with Gasteiger partial charge in [-0.2, -0.15) is 0 Å². The maximum Gasteiger partial charge on any atom is 0.150 e. The van der Waals surface area contributed by atoms with Crippen LogP contribution in [0, 0.1) is 0 Å². The second-order valence-electron chi connectivity index (χ2n) is 4.79. The van der Waals surface area contributed by atoms with Gasteiger partial charge in [0.25, 0.3) is 0 Å². The molecule has 3 aliphatic heterocycles. The summed E-state index contributed by atoms with van der Waals surface area (Å²) in [5.41, 5.74) is 0. The third-order valence-corrected chi connectivity index (χ3v) is 3.84. The molecule has 0 N–H and O–H groups in total. The lowest BCUT2D eigenvalue weighted by Gasteiger charge is -2.43. The van der Waals surface area contributed by atoms with Crippen LogP contribution in [-0.2, 0) is 37.9 Å². The summed E-state index contributed by atoms with van der Waals surface area (Å²) >= 11 is 0. The summed E-state index contributed by atoms with van der Waals surface area (Å²) in [6, 6.07) is 0. The Kier molecular flexibility index (Phi) is 3.42. The van der Waals surface area contributed by atoms with E-state index < -0.39 is 0 Å². The van der Waals surface area contributed by atoms with Crippen molar-refractivity contribution in [3.63, 3.8) is 0 Å². The van der Waals surface area contributed by atoms with E-state index in [1.807, 2.05) is 0 Å². The van der Waals surface area contributed by atoms with Crippen LogP contribution in [0.3, 0.4) is 0 Å². The highest BCUT2D eigenvalue weighted by molar-refractivity contribution is 5.04. The molecule has 0 bridgehead atoms. The molecular weight excluding hydrogens is 260 g/mol. The lowest BCUT2D eigenvalue weighted by atomic mass is 9.84. The van der Waals surface area contributed by atoms with E-state index >= 15 is 0 Å². The molecule has 3 saturated heterocycles. The molecule has 6 atom stereocenters. The summed E-state index contributed by atoms with van der Waals surface area (Å²) in [5, 5.41) is 0. The van der Waals surface area contributed by atoms with E-state index in [9.17, 15) is 0 Å². The third kappa shape index (κ3) is 2.08. The van der Waals surface area contributed by atoms with Gasteiger partial charge in [-0.05, 0) is 0 Å². The molecule has 0 radical (unpaired) electrons. The van der Waals surface area contributed by atoms with Crippen LogP contribution in [0.2, 0.25) is 0 Å². The molecule has 8 nitrogen and oxygen atoms in total. The fourth-order valence-electron chi connectivity index (χ4n) is 3.03. The second-order valence-corrected chi connectivity index (χ2v) is 4.79. The normalized spacial score (nSPS) is 50.5. The van der Waals surface area contributed by atoms with E-state index in [1.54, 1.807) is 0 Å². The van der Waals surface area contributed by atoms with Gasteiger partial charge in [0, 0.05) is 0 Å². The Bertz CT molecular complexity index is 296. The molecule has 108 valence electrons. The number of fused-ring (bicyclic) bond motifs is 6. The zero-order chi connectivity index (χ0) is 12.7. The van der Waals surface area contributed by atoms with Crippen LogP contribution < -0.4 is 0 Å². The average Bonchev–Trinajstić information content (AvgIpc) is 2.65. The smallest absolute Gasteiger partial charge is 0.150 e. The van der Waals surface area contributed by atoms with Crippen molar-refractivity contribution in [3.05, 3.63) is 0 Å². The van der Waals surface area contributed by atoms with Crippen molar-refractivity contribution >= 4 is 0 Å². The van der Waals surface area contributed by atoms with Crippen LogP contribution in [0.15, 0.2) is 0 Å². The highest BCUT2D eigenvalue weighted by atomic mass is 16.8. The zero-order valence-electron chi connectivity index (χ0n) is 10.3. The average molecular weight is 276 g/mol. The molecule has 1 saturated carbocycles. The van der Waals surface area contributed by atoms with Crippen molar-refractivity contribution in [1.29, 1.82) is 0 Å². The predicted molar refractivity (Wildman–Crippen MR) is 55.7 cm³/mol. The number of hydrogen-bond acceptors (Lipinski definition) is 8. The summed E-state index contributed by atoms with van der Waals surface area (Å²) in [7, 11) is 0. The van der Waals surface area contributed by atoms with Gasteiger partial charge < -0.3 is 37.9 Å². The Morgan fingerprint density at radius 2 is 0.632 bits per heavy atom. The van der Waals surface area contributed by atoms with Gasteiger partial charge in [0.05, 0.1) is 0 Å². The van der Waals surface area contributed by atoms with Crippen LogP contribution >= 0.6 is 0 Å².